The van der Waals surface area contributed by atoms with Gasteiger partial charge >= 0.3 is 0 Å². The van der Waals surface area contributed by atoms with Crippen LogP contribution in [-0.2, 0) is 16.8 Å². The number of carbonyl (C=O) groups is 1. The summed E-state index contributed by atoms with van der Waals surface area (Å²) >= 11 is 0. The van der Waals surface area contributed by atoms with Gasteiger partial charge in [0.15, 0.2) is 0 Å². The molecule has 1 amide bonds. The van der Waals surface area contributed by atoms with E-state index in [-0.39, 0.29) is 5.91 Å². The number of benzene rings is 2. The van der Waals surface area contributed by atoms with Gasteiger partial charge in [0.25, 0.3) is 0 Å². The van der Waals surface area contributed by atoms with Crippen LogP contribution in [-0.4, -0.2) is 13.0 Å². The van der Waals surface area contributed by atoms with Crippen LogP contribution < -0.4 is 15.8 Å². The number of methoxy groups -OCH3 is 1. The lowest BCUT2D eigenvalue weighted by atomic mass is 9.90. The Labute approximate surface area is 123 Å². The Hall–Kier alpha value is -2.49. The number of nitrogens with one attached hydrogen (secondary N) is 1. The zero-order valence-electron chi connectivity index (χ0n) is 11.9. The Balaban J connectivity index is 2.07. The van der Waals surface area contributed by atoms with Crippen LogP contribution in [0.25, 0.3) is 0 Å². The second kappa shape index (κ2) is 5.13. The van der Waals surface area contributed by atoms with E-state index in [1.54, 1.807) is 7.11 Å². The second-order valence-corrected chi connectivity index (χ2v) is 5.25. The van der Waals surface area contributed by atoms with Crippen LogP contribution in [0.5, 0.6) is 5.75 Å². The fourth-order valence-electron chi connectivity index (χ4n) is 3.04. The number of ether oxygens (including phenoxy) is 1. The van der Waals surface area contributed by atoms with Gasteiger partial charge in [-0.2, -0.15) is 0 Å². The van der Waals surface area contributed by atoms with Crippen LogP contribution in [0.1, 0.15) is 17.5 Å². The van der Waals surface area contributed by atoms with Crippen LogP contribution in [0.4, 0.5) is 5.69 Å². The average molecular weight is 282 g/mol. The fraction of sp³-hybridized carbons (Fsp3) is 0.235. The predicted molar refractivity (Wildman–Crippen MR) is 82.3 cm³/mol. The van der Waals surface area contributed by atoms with E-state index in [0.29, 0.717) is 12.2 Å². The topological polar surface area (TPSA) is 64.3 Å². The highest BCUT2D eigenvalue weighted by Gasteiger charge is 2.44. The van der Waals surface area contributed by atoms with Crippen LogP contribution >= 0.6 is 0 Å². The van der Waals surface area contributed by atoms with E-state index in [1.165, 1.54) is 5.56 Å². The summed E-state index contributed by atoms with van der Waals surface area (Å²) in [6, 6.07) is 15.5. The molecule has 0 saturated heterocycles. The maximum absolute atomic E-state index is 12.2. The highest BCUT2D eigenvalue weighted by atomic mass is 16.5. The zero-order chi connectivity index (χ0) is 14.9. The Morgan fingerprint density at radius 2 is 1.90 bits per heavy atom. The van der Waals surface area contributed by atoms with Crippen molar-refractivity contribution in [3.63, 3.8) is 0 Å². The smallest absolute Gasteiger partial charge is 0.247 e. The van der Waals surface area contributed by atoms with Crippen molar-refractivity contribution in [1.82, 2.24) is 0 Å². The van der Waals surface area contributed by atoms with Crippen LogP contribution in [0.2, 0.25) is 0 Å². The van der Waals surface area contributed by atoms with E-state index in [2.05, 4.69) is 5.32 Å². The molecule has 0 heterocycles. The summed E-state index contributed by atoms with van der Waals surface area (Å²) in [5.41, 5.74) is 7.78. The summed E-state index contributed by atoms with van der Waals surface area (Å²) in [7, 11) is 1.61. The molecule has 2 aromatic rings. The largest absolute Gasteiger partial charge is 0.495 e. The molecule has 1 atom stereocenters. The maximum Gasteiger partial charge on any atom is 0.247 e. The van der Waals surface area contributed by atoms with E-state index in [1.807, 2.05) is 48.5 Å². The second-order valence-electron chi connectivity index (χ2n) is 5.25. The lowest BCUT2D eigenvalue weighted by Gasteiger charge is -2.30. The third-order valence-electron chi connectivity index (χ3n) is 4.12. The minimum Gasteiger partial charge on any atom is -0.495 e. The molecule has 0 aromatic heterocycles. The zero-order valence-corrected chi connectivity index (χ0v) is 11.9. The first-order chi connectivity index (χ1) is 10.2. The number of nitrogens with two attached hydrogens (primary N) is 1. The maximum atomic E-state index is 12.2. The number of fused-ring (bicyclic) bond motifs is 1. The first kappa shape index (κ1) is 13.5. The van der Waals surface area contributed by atoms with Gasteiger partial charge in [-0.25, -0.2) is 0 Å². The first-order valence-corrected chi connectivity index (χ1v) is 6.97. The van der Waals surface area contributed by atoms with E-state index < -0.39 is 5.54 Å². The molecular weight excluding hydrogens is 264 g/mol. The molecule has 4 nitrogen and oxygen atoms in total. The molecule has 3 N–H and O–H groups in total. The molecule has 21 heavy (non-hydrogen) atoms. The Bertz CT molecular complexity index is 684. The highest BCUT2D eigenvalue weighted by Crippen LogP contribution is 2.41. The number of carbonyl (C=O) groups excluding carboxylic acids is 1. The van der Waals surface area contributed by atoms with Crippen LogP contribution in [0.15, 0.2) is 48.5 Å². The van der Waals surface area contributed by atoms with Crippen molar-refractivity contribution in [2.24, 2.45) is 5.73 Å². The molecule has 0 bridgehead atoms. The van der Waals surface area contributed by atoms with Gasteiger partial charge in [0, 0.05) is 0 Å². The van der Waals surface area contributed by atoms with E-state index in [9.17, 15) is 4.79 Å². The van der Waals surface area contributed by atoms with Crippen molar-refractivity contribution in [3.05, 3.63) is 59.7 Å². The molecular formula is C17H18N2O2. The van der Waals surface area contributed by atoms with Gasteiger partial charge < -0.3 is 15.8 Å². The molecule has 1 aliphatic carbocycles. The Morgan fingerprint density at radius 3 is 2.67 bits per heavy atom. The normalized spacial score (nSPS) is 19.9. The number of hydrogen-bond donors (Lipinski definition) is 2. The molecule has 0 fully saturated rings. The molecule has 0 aliphatic heterocycles. The number of rotatable bonds is 4. The number of aryl methyl sites for hydroxylation is 1. The van der Waals surface area contributed by atoms with E-state index >= 15 is 0 Å². The standard InChI is InChI=1S/C17H18N2O2/c1-21-15-9-5-4-8-14(15)19-17(16(18)20)11-10-12-6-2-3-7-13(12)17/h2-9,19H,10-11H2,1H3,(H2,18,20). The minimum atomic E-state index is -0.870. The van der Waals surface area contributed by atoms with Crippen molar-refractivity contribution >= 4 is 11.6 Å². The Kier molecular flexibility index (Phi) is 3.29. The van der Waals surface area contributed by atoms with Gasteiger partial charge in [0.1, 0.15) is 11.3 Å². The van der Waals surface area contributed by atoms with Crippen molar-refractivity contribution in [2.45, 2.75) is 18.4 Å². The molecule has 4 heteroatoms. The van der Waals surface area contributed by atoms with Crippen molar-refractivity contribution < 1.29 is 9.53 Å². The Morgan fingerprint density at radius 1 is 1.19 bits per heavy atom. The van der Waals surface area contributed by atoms with Crippen molar-refractivity contribution in [3.8, 4) is 5.75 Å². The van der Waals surface area contributed by atoms with Crippen molar-refractivity contribution in [2.75, 3.05) is 12.4 Å². The molecule has 1 aliphatic rings. The molecule has 3 rings (SSSR count). The van der Waals surface area contributed by atoms with Gasteiger partial charge in [-0.1, -0.05) is 36.4 Å². The van der Waals surface area contributed by atoms with E-state index in [4.69, 9.17) is 10.5 Å². The highest BCUT2D eigenvalue weighted by molar-refractivity contribution is 5.91. The quantitative estimate of drug-likeness (QED) is 0.905. The van der Waals surface area contributed by atoms with Gasteiger partial charge in [-0.3, -0.25) is 4.79 Å². The number of hydrogen-bond acceptors (Lipinski definition) is 3. The lowest BCUT2D eigenvalue weighted by molar-refractivity contribution is -0.122. The summed E-state index contributed by atoms with van der Waals surface area (Å²) in [5.74, 6) is 0.334. The van der Waals surface area contributed by atoms with Gasteiger partial charge in [0.2, 0.25) is 5.91 Å². The monoisotopic (exact) mass is 282 g/mol. The number of amides is 1. The SMILES string of the molecule is COc1ccccc1NC1(C(N)=O)CCc2ccccc21. The predicted octanol–water partition coefficient (Wildman–Crippen LogP) is 2.43. The average Bonchev–Trinajstić information content (AvgIpc) is 2.88. The fourth-order valence-corrected chi connectivity index (χ4v) is 3.04. The van der Waals surface area contributed by atoms with Gasteiger partial charge in [0.05, 0.1) is 12.8 Å². The number of para-hydroxylation sites is 2. The molecule has 2 aromatic carbocycles. The van der Waals surface area contributed by atoms with Gasteiger partial charge in [-0.15, -0.1) is 0 Å². The summed E-state index contributed by atoms with van der Waals surface area (Å²) in [6.07, 6.45) is 1.49. The van der Waals surface area contributed by atoms with Crippen LogP contribution in [0.3, 0.4) is 0 Å². The molecule has 0 saturated carbocycles. The van der Waals surface area contributed by atoms with Gasteiger partial charge in [-0.05, 0) is 36.1 Å². The molecule has 0 radical (unpaired) electrons. The summed E-state index contributed by atoms with van der Waals surface area (Å²) < 4.78 is 5.35. The summed E-state index contributed by atoms with van der Waals surface area (Å²) in [6.45, 7) is 0. The van der Waals surface area contributed by atoms with E-state index in [0.717, 1.165) is 17.7 Å². The van der Waals surface area contributed by atoms with Crippen LogP contribution in [0, 0.1) is 0 Å². The first-order valence-electron chi connectivity index (χ1n) is 6.97. The molecule has 1 unspecified atom stereocenters. The third-order valence-corrected chi connectivity index (χ3v) is 4.12. The van der Waals surface area contributed by atoms with Crippen molar-refractivity contribution in [1.29, 1.82) is 0 Å². The lowest BCUT2D eigenvalue weighted by Crippen LogP contribution is -2.46. The summed E-state index contributed by atoms with van der Waals surface area (Å²) in [4.78, 5) is 12.2. The summed E-state index contributed by atoms with van der Waals surface area (Å²) in [5, 5.41) is 3.33. The number of primary amides is 1. The third kappa shape index (κ3) is 2.13. The molecule has 108 valence electrons. The number of anilines is 1. The minimum absolute atomic E-state index is 0.363. The molecule has 0 spiro atoms.